The lowest BCUT2D eigenvalue weighted by molar-refractivity contribution is 0.858. The number of hydrogen-bond donors (Lipinski definition) is 0. The molecule has 2 heteroatoms. The summed E-state index contributed by atoms with van der Waals surface area (Å²) in [4.78, 5) is 8.01. The van der Waals surface area contributed by atoms with Gasteiger partial charge < -0.3 is 0 Å². The summed E-state index contributed by atoms with van der Waals surface area (Å²) in [6.45, 7) is 13.1. The third-order valence-corrected chi connectivity index (χ3v) is 4.17. The summed E-state index contributed by atoms with van der Waals surface area (Å²) in [6, 6.07) is 18.6. The Balaban J connectivity index is 0.000000202. The van der Waals surface area contributed by atoms with Crippen LogP contribution in [0.15, 0.2) is 79.4 Å². The van der Waals surface area contributed by atoms with Gasteiger partial charge in [-0.25, -0.2) is 0 Å². The van der Waals surface area contributed by atoms with Gasteiger partial charge in [-0.05, 0) is 46.6 Å². The van der Waals surface area contributed by atoms with E-state index in [9.17, 15) is 0 Å². The molecule has 27 heavy (non-hydrogen) atoms. The lowest BCUT2D eigenvalue weighted by Crippen LogP contribution is -1.85. The van der Waals surface area contributed by atoms with Gasteiger partial charge in [0.25, 0.3) is 0 Å². The summed E-state index contributed by atoms with van der Waals surface area (Å²) in [5.41, 5.74) is 4.02. The molecule has 0 atom stereocenters. The topological polar surface area (TPSA) is 25.8 Å². The first-order chi connectivity index (χ1) is 12.9. The van der Waals surface area contributed by atoms with Gasteiger partial charge in [-0.2, -0.15) is 0 Å². The summed E-state index contributed by atoms with van der Waals surface area (Å²) in [7, 11) is 0. The van der Waals surface area contributed by atoms with Crippen molar-refractivity contribution < 1.29 is 0 Å². The Morgan fingerprint density at radius 1 is 0.481 bits per heavy atom. The van der Waals surface area contributed by atoms with E-state index in [1.165, 1.54) is 16.7 Å². The highest BCUT2D eigenvalue weighted by atomic mass is 14.6. The maximum absolute atomic E-state index is 4.01. The molecule has 0 amide bonds. The maximum atomic E-state index is 4.01. The quantitative estimate of drug-likeness (QED) is 0.491. The van der Waals surface area contributed by atoms with Crippen molar-refractivity contribution in [2.45, 2.75) is 59.3 Å². The van der Waals surface area contributed by atoms with Gasteiger partial charge in [0.15, 0.2) is 0 Å². The van der Waals surface area contributed by atoms with Crippen LogP contribution < -0.4 is 0 Å². The Hall–Kier alpha value is -2.48. The standard InChI is InChI=1S/C9H12.2C8H11N/c1-8(2)9-6-4-3-5-7-9;2*1-7(2)8-4-3-5-9-6-8/h3-8H,1-2H3;2*3-7H,1-2H3. The zero-order valence-electron chi connectivity index (χ0n) is 17.6. The number of nitrogens with zero attached hydrogens (tertiary/aromatic N) is 2. The summed E-state index contributed by atoms with van der Waals surface area (Å²) < 4.78 is 0. The molecule has 2 aromatic heterocycles. The lowest BCUT2D eigenvalue weighted by atomic mass is 10.0. The molecular weight excluding hydrogens is 328 g/mol. The molecule has 0 spiro atoms. The Morgan fingerprint density at radius 2 is 0.852 bits per heavy atom. The molecule has 0 aliphatic heterocycles. The second-order valence-corrected chi connectivity index (χ2v) is 7.45. The summed E-state index contributed by atoms with van der Waals surface area (Å²) >= 11 is 0. The van der Waals surface area contributed by atoms with Gasteiger partial charge in [0.05, 0.1) is 0 Å². The molecule has 0 fully saturated rings. The molecular formula is C25H34N2. The molecule has 0 aliphatic rings. The SMILES string of the molecule is CC(C)c1ccccc1.CC(C)c1cccnc1.CC(C)c1cccnc1. The lowest BCUT2D eigenvalue weighted by Gasteiger charge is -2.01. The number of hydrogen-bond acceptors (Lipinski definition) is 2. The van der Waals surface area contributed by atoms with Crippen LogP contribution >= 0.6 is 0 Å². The molecule has 0 aliphatic carbocycles. The monoisotopic (exact) mass is 362 g/mol. The maximum Gasteiger partial charge on any atom is 0.0302 e. The van der Waals surface area contributed by atoms with Crippen LogP contribution in [0.3, 0.4) is 0 Å². The largest absolute Gasteiger partial charge is 0.264 e. The zero-order chi connectivity index (χ0) is 20.1. The minimum atomic E-state index is 0.596. The predicted octanol–water partition coefficient (Wildman–Crippen LogP) is 7.22. The van der Waals surface area contributed by atoms with Crippen LogP contribution in [0.4, 0.5) is 0 Å². The highest BCUT2D eigenvalue weighted by Gasteiger charge is 1.95. The van der Waals surface area contributed by atoms with Gasteiger partial charge in [0.1, 0.15) is 0 Å². The fourth-order valence-electron chi connectivity index (χ4n) is 2.27. The second kappa shape index (κ2) is 12.8. The average Bonchev–Trinajstić information content (AvgIpc) is 2.71. The Kier molecular flexibility index (Phi) is 10.7. The highest BCUT2D eigenvalue weighted by Crippen LogP contribution is 2.12. The molecule has 2 nitrogen and oxygen atoms in total. The number of pyridine rings is 2. The molecule has 0 N–H and O–H groups in total. The molecule has 3 rings (SSSR count). The van der Waals surface area contributed by atoms with Gasteiger partial charge in [-0.3, -0.25) is 9.97 Å². The molecule has 0 bridgehead atoms. The molecule has 0 radical (unpaired) electrons. The first kappa shape index (κ1) is 22.6. The van der Waals surface area contributed by atoms with E-state index in [1.807, 2.05) is 30.6 Å². The van der Waals surface area contributed by atoms with Crippen LogP contribution in [-0.2, 0) is 0 Å². The van der Waals surface area contributed by atoms with E-state index in [0.717, 1.165) is 0 Å². The summed E-state index contributed by atoms with van der Waals surface area (Å²) in [5, 5.41) is 0. The number of rotatable bonds is 3. The summed E-state index contributed by atoms with van der Waals surface area (Å²) in [6.07, 6.45) is 7.41. The van der Waals surface area contributed by atoms with Crippen molar-refractivity contribution in [3.05, 3.63) is 96.1 Å². The number of benzene rings is 1. The smallest absolute Gasteiger partial charge is 0.0302 e. The first-order valence-electron chi connectivity index (χ1n) is 9.76. The van der Waals surface area contributed by atoms with E-state index >= 15 is 0 Å². The van der Waals surface area contributed by atoms with Crippen molar-refractivity contribution in [3.8, 4) is 0 Å². The minimum Gasteiger partial charge on any atom is -0.264 e. The van der Waals surface area contributed by atoms with Crippen molar-refractivity contribution in [1.82, 2.24) is 9.97 Å². The van der Waals surface area contributed by atoms with Crippen LogP contribution in [0.2, 0.25) is 0 Å². The Labute approximate surface area is 165 Å². The first-order valence-corrected chi connectivity index (χ1v) is 9.76. The Bertz CT molecular complexity index is 602. The van der Waals surface area contributed by atoms with E-state index in [4.69, 9.17) is 0 Å². The molecule has 144 valence electrons. The molecule has 0 unspecified atom stereocenters. The van der Waals surface area contributed by atoms with Gasteiger partial charge in [-0.15, -0.1) is 0 Å². The molecule has 2 heterocycles. The van der Waals surface area contributed by atoms with E-state index in [1.54, 1.807) is 12.4 Å². The fraction of sp³-hybridized carbons (Fsp3) is 0.360. The van der Waals surface area contributed by atoms with Crippen molar-refractivity contribution >= 4 is 0 Å². The van der Waals surface area contributed by atoms with Crippen molar-refractivity contribution in [2.24, 2.45) is 0 Å². The predicted molar refractivity (Wildman–Crippen MR) is 117 cm³/mol. The molecule has 1 aromatic carbocycles. The highest BCUT2D eigenvalue weighted by molar-refractivity contribution is 5.17. The second-order valence-electron chi connectivity index (χ2n) is 7.45. The van der Waals surface area contributed by atoms with Crippen LogP contribution in [0.1, 0.15) is 76.0 Å². The number of aromatic nitrogens is 2. The Morgan fingerprint density at radius 3 is 1.07 bits per heavy atom. The third-order valence-electron chi connectivity index (χ3n) is 4.17. The minimum absolute atomic E-state index is 0.596. The van der Waals surface area contributed by atoms with Crippen LogP contribution in [0.25, 0.3) is 0 Å². The zero-order valence-corrected chi connectivity index (χ0v) is 17.6. The van der Waals surface area contributed by atoms with Crippen molar-refractivity contribution in [2.75, 3.05) is 0 Å². The molecule has 0 saturated carbocycles. The normalized spacial score (nSPS) is 10.1. The van der Waals surface area contributed by atoms with Crippen LogP contribution in [0.5, 0.6) is 0 Å². The van der Waals surface area contributed by atoms with E-state index in [2.05, 4.69) is 87.9 Å². The van der Waals surface area contributed by atoms with Crippen LogP contribution in [-0.4, -0.2) is 9.97 Å². The van der Waals surface area contributed by atoms with Gasteiger partial charge in [0.2, 0.25) is 0 Å². The molecule has 3 aromatic rings. The average molecular weight is 363 g/mol. The third kappa shape index (κ3) is 9.69. The van der Waals surface area contributed by atoms with Crippen molar-refractivity contribution in [3.63, 3.8) is 0 Å². The van der Waals surface area contributed by atoms with Gasteiger partial charge >= 0.3 is 0 Å². The van der Waals surface area contributed by atoms with Gasteiger partial charge in [0, 0.05) is 24.8 Å². The van der Waals surface area contributed by atoms with E-state index < -0.39 is 0 Å². The van der Waals surface area contributed by atoms with Crippen molar-refractivity contribution in [1.29, 1.82) is 0 Å². The van der Waals surface area contributed by atoms with Crippen LogP contribution in [0, 0.1) is 0 Å². The van der Waals surface area contributed by atoms with Gasteiger partial charge in [-0.1, -0.05) is 84.0 Å². The molecule has 0 saturated heterocycles. The van der Waals surface area contributed by atoms with E-state index in [0.29, 0.717) is 17.8 Å². The fourth-order valence-corrected chi connectivity index (χ4v) is 2.27. The van der Waals surface area contributed by atoms with E-state index in [-0.39, 0.29) is 0 Å². The summed E-state index contributed by atoms with van der Waals surface area (Å²) in [5.74, 6) is 1.85.